The van der Waals surface area contributed by atoms with Crippen LogP contribution in [0.15, 0.2) is 90.2 Å². The van der Waals surface area contributed by atoms with Gasteiger partial charge in [0.15, 0.2) is 5.76 Å². The summed E-state index contributed by atoms with van der Waals surface area (Å²) < 4.78 is 0. The Kier molecular flexibility index (Phi) is 7.75. The van der Waals surface area contributed by atoms with Gasteiger partial charge in [0.1, 0.15) is 5.01 Å². The number of Topliss-reactive ketones (excluding diaryl/α,β-unsaturated/α-hetero) is 1. The number of carbonyl (C=O) groups is 2. The zero-order valence-electron chi connectivity index (χ0n) is 22.5. The maximum atomic E-state index is 14.1. The van der Waals surface area contributed by atoms with E-state index in [0.29, 0.717) is 16.3 Å². The molecule has 39 heavy (non-hydrogen) atoms. The van der Waals surface area contributed by atoms with Crippen molar-refractivity contribution in [3.8, 4) is 10.6 Å². The smallest absolute Gasteiger partial charge is 0.294 e. The number of ketones is 1. The van der Waals surface area contributed by atoms with Crippen LogP contribution in [0, 0.1) is 6.92 Å². The van der Waals surface area contributed by atoms with E-state index in [1.54, 1.807) is 11.8 Å². The second kappa shape index (κ2) is 11.4. The summed E-state index contributed by atoms with van der Waals surface area (Å²) in [7, 11) is 0. The molecule has 0 fully saturated rings. The molecule has 6 heteroatoms. The van der Waals surface area contributed by atoms with Crippen molar-refractivity contribution in [2.24, 2.45) is 0 Å². The molecule has 3 aromatic carbocycles. The number of rotatable bonds is 9. The molecule has 1 amide bonds. The van der Waals surface area contributed by atoms with Crippen LogP contribution in [0.3, 0.4) is 0 Å². The van der Waals surface area contributed by atoms with Gasteiger partial charge in [-0.3, -0.25) is 14.5 Å². The fourth-order valence-electron chi connectivity index (χ4n) is 4.99. The molecule has 0 spiro atoms. The largest absolute Gasteiger partial charge is 0.503 e. The molecule has 0 aliphatic carbocycles. The Labute approximate surface area is 233 Å². The van der Waals surface area contributed by atoms with E-state index in [1.165, 1.54) is 16.9 Å². The van der Waals surface area contributed by atoms with Gasteiger partial charge in [0.05, 0.1) is 22.2 Å². The Balaban J connectivity index is 1.58. The number of nitrogens with zero attached hydrogens (tertiary/aromatic N) is 2. The second-order valence-electron chi connectivity index (χ2n) is 9.83. The zero-order valence-corrected chi connectivity index (χ0v) is 23.3. The number of anilines is 1. The minimum Gasteiger partial charge on any atom is -0.503 e. The highest BCUT2D eigenvalue weighted by atomic mass is 32.1. The summed E-state index contributed by atoms with van der Waals surface area (Å²) in [6.45, 7) is 6.03. The van der Waals surface area contributed by atoms with Crippen LogP contribution in [0.5, 0.6) is 0 Å². The van der Waals surface area contributed by atoms with Gasteiger partial charge in [0, 0.05) is 11.3 Å². The number of amides is 1. The normalized spacial score (nSPS) is 15.3. The molecule has 0 radical (unpaired) electrons. The maximum Gasteiger partial charge on any atom is 0.294 e. The van der Waals surface area contributed by atoms with Crippen molar-refractivity contribution in [3.63, 3.8) is 0 Å². The molecule has 1 aliphatic rings. The number of hydrogen-bond donors (Lipinski definition) is 1. The SMILES string of the molecule is CCCCc1ccc(N2C(=O)C(O)=C(C(=O)c3sc(-c4ccccc4)nc3C)C2c2ccc(CC)cc2)cc1. The van der Waals surface area contributed by atoms with Crippen molar-refractivity contribution in [1.29, 1.82) is 0 Å². The van der Waals surface area contributed by atoms with Crippen molar-refractivity contribution in [1.82, 2.24) is 4.98 Å². The van der Waals surface area contributed by atoms with Crippen molar-refractivity contribution < 1.29 is 14.7 Å². The van der Waals surface area contributed by atoms with Crippen LogP contribution < -0.4 is 4.90 Å². The Morgan fingerprint density at radius 2 is 1.62 bits per heavy atom. The lowest BCUT2D eigenvalue weighted by molar-refractivity contribution is -0.117. The number of hydrogen-bond acceptors (Lipinski definition) is 5. The quantitative estimate of drug-likeness (QED) is 0.222. The molecule has 0 saturated carbocycles. The predicted molar refractivity (Wildman–Crippen MR) is 157 cm³/mol. The molecule has 5 rings (SSSR count). The van der Waals surface area contributed by atoms with Crippen LogP contribution in [-0.4, -0.2) is 21.8 Å². The van der Waals surface area contributed by atoms with Crippen molar-refractivity contribution in [2.45, 2.75) is 52.5 Å². The lowest BCUT2D eigenvalue weighted by Gasteiger charge is -2.27. The highest BCUT2D eigenvalue weighted by Gasteiger charge is 2.45. The van der Waals surface area contributed by atoms with Crippen molar-refractivity contribution >= 4 is 28.7 Å². The van der Waals surface area contributed by atoms with Crippen molar-refractivity contribution in [3.05, 3.63) is 117 Å². The molecule has 5 nitrogen and oxygen atoms in total. The third kappa shape index (κ3) is 5.17. The Bertz CT molecular complexity index is 1520. The maximum absolute atomic E-state index is 14.1. The first-order valence-electron chi connectivity index (χ1n) is 13.4. The molecule has 1 atom stereocenters. The van der Waals surface area contributed by atoms with Crippen LogP contribution in [0.4, 0.5) is 5.69 Å². The van der Waals surface area contributed by atoms with E-state index in [0.717, 1.165) is 47.4 Å². The molecule has 0 bridgehead atoms. The second-order valence-corrected chi connectivity index (χ2v) is 10.8. The van der Waals surface area contributed by atoms with Gasteiger partial charge < -0.3 is 5.11 Å². The summed E-state index contributed by atoms with van der Waals surface area (Å²) >= 11 is 1.28. The minimum absolute atomic E-state index is 0.0886. The monoisotopic (exact) mass is 536 g/mol. The molecule has 2 heterocycles. The standard InChI is InChI=1S/C33H32N2O3S/c1-4-6-10-23-15-19-26(20-16-23)35-28(24-17-13-22(5-2)14-18-24)27(30(37)33(35)38)29(36)31-21(3)34-32(39-31)25-11-8-7-9-12-25/h7-9,11-20,28,37H,4-6,10H2,1-3H3. The van der Waals surface area contributed by atoms with Gasteiger partial charge in [-0.1, -0.05) is 87.0 Å². The van der Waals surface area contributed by atoms with E-state index in [4.69, 9.17) is 0 Å². The number of aliphatic hydroxyl groups is 1. The Hall–Kier alpha value is -4.03. The number of aryl methyl sites for hydroxylation is 3. The first kappa shape index (κ1) is 26.6. The van der Waals surface area contributed by atoms with Gasteiger partial charge >= 0.3 is 0 Å². The van der Waals surface area contributed by atoms with E-state index in [9.17, 15) is 14.7 Å². The van der Waals surface area contributed by atoms with E-state index in [1.807, 2.05) is 78.9 Å². The zero-order chi connectivity index (χ0) is 27.5. The van der Waals surface area contributed by atoms with E-state index >= 15 is 0 Å². The lowest BCUT2D eigenvalue weighted by atomic mass is 9.93. The summed E-state index contributed by atoms with van der Waals surface area (Å²) in [6, 6.07) is 24.7. The molecule has 4 aromatic rings. The highest BCUT2D eigenvalue weighted by molar-refractivity contribution is 7.17. The third-order valence-electron chi connectivity index (χ3n) is 7.21. The third-order valence-corrected chi connectivity index (χ3v) is 8.42. The van der Waals surface area contributed by atoms with Crippen LogP contribution in [0.25, 0.3) is 10.6 Å². The Morgan fingerprint density at radius 3 is 2.26 bits per heavy atom. The van der Waals surface area contributed by atoms with Gasteiger partial charge in [0.25, 0.3) is 5.91 Å². The number of benzene rings is 3. The number of aromatic nitrogens is 1. The fourth-order valence-corrected chi connectivity index (χ4v) is 6.02. The average molecular weight is 537 g/mol. The molecule has 1 aliphatic heterocycles. The van der Waals surface area contributed by atoms with Crippen LogP contribution in [-0.2, 0) is 17.6 Å². The summed E-state index contributed by atoms with van der Waals surface area (Å²) in [4.78, 5) is 34.3. The summed E-state index contributed by atoms with van der Waals surface area (Å²) in [6.07, 6.45) is 4.04. The number of unbranched alkanes of at least 4 members (excludes halogenated alkanes) is 1. The first-order chi connectivity index (χ1) is 18.9. The highest BCUT2D eigenvalue weighted by Crippen LogP contribution is 2.43. The topological polar surface area (TPSA) is 70.5 Å². The van der Waals surface area contributed by atoms with Crippen LogP contribution >= 0.6 is 11.3 Å². The molecule has 0 saturated heterocycles. The minimum atomic E-state index is -0.751. The van der Waals surface area contributed by atoms with Gasteiger partial charge in [-0.2, -0.15) is 0 Å². The molecule has 198 valence electrons. The average Bonchev–Trinajstić information content (AvgIpc) is 3.49. The lowest BCUT2D eigenvalue weighted by Crippen LogP contribution is -2.31. The van der Waals surface area contributed by atoms with Gasteiger partial charge in [0.2, 0.25) is 5.78 Å². The molecule has 1 N–H and O–H groups in total. The first-order valence-corrected chi connectivity index (χ1v) is 14.3. The van der Waals surface area contributed by atoms with E-state index in [2.05, 4.69) is 18.8 Å². The summed E-state index contributed by atoms with van der Waals surface area (Å²) in [5.74, 6) is -1.45. The Morgan fingerprint density at radius 1 is 0.949 bits per heavy atom. The summed E-state index contributed by atoms with van der Waals surface area (Å²) in [5.41, 5.74) is 5.35. The van der Waals surface area contributed by atoms with E-state index in [-0.39, 0.29) is 11.4 Å². The summed E-state index contributed by atoms with van der Waals surface area (Å²) in [5, 5.41) is 11.9. The number of aliphatic hydroxyl groups excluding tert-OH is 1. The predicted octanol–water partition coefficient (Wildman–Crippen LogP) is 7.81. The van der Waals surface area contributed by atoms with Gasteiger partial charge in [-0.05, 0) is 55.0 Å². The van der Waals surface area contributed by atoms with Gasteiger partial charge in [-0.25, -0.2) is 4.98 Å². The number of thiazole rings is 1. The number of carbonyl (C=O) groups excluding carboxylic acids is 2. The molecular weight excluding hydrogens is 504 g/mol. The van der Waals surface area contributed by atoms with Crippen LogP contribution in [0.2, 0.25) is 0 Å². The molecule has 1 unspecified atom stereocenters. The molecular formula is C33H32N2O3S. The van der Waals surface area contributed by atoms with E-state index < -0.39 is 17.7 Å². The molecule has 1 aromatic heterocycles. The van der Waals surface area contributed by atoms with Crippen LogP contribution in [0.1, 0.15) is 64.8 Å². The van der Waals surface area contributed by atoms with Crippen molar-refractivity contribution in [2.75, 3.05) is 4.90 Å². The van der Waals surface area contributed by atoms with Gasteiger partial charge in [-0.15, -0.1) is 11.3 Å². The fraction of sp³-hybridized carbons (Fsp3) is 0.242.